The van der Waals surface area contributed by atoms with Crippen LogP contribution in [0, 0.1) is 28.4 Å². The Balaban J connectivity index is -0.000000661. The molecule has 0 radical (unpaired) electrons. The summed E-state index contributed by atoms with van der Waals surface area (Å²) in [6.07, 6.45) is 1.00. The molecule has 160 valence electrons. The molecule has 0 N–H and O–H groups in total. The summed E-state index contributed by atoms with van der Waals surface area (Å²) in [5, 5.41) is 9.35. The molecule has 4 heteroatoms. The Morgan fingerprint density at radius 1 is 0.926 bits per heavy atom. The molecular weight excluding hydrogens is 344 g/mol. The predicted octanol–water partition coefficient (Wildman–Crippen LogP) is 8.29. The first-order valence-electron chi connectivity index (χ1n) is 7.93. The van der Waals surface area contributed by atoms with Crippen LogP contribution in [0.2, 0.25) is 0 Å². The van der Waals surface area contributed by atoms with Gasteiger partial charge < -0.3 is 4.74 Å². The van der Waals surface area contributed by atoms with E-state index in [1.54, 1.807) is 13.8 Å². The number of hydrogen-bond acceptors (Lipinski definition) is 2. The quantitative estimate of drug-likeness (QED) is 0.509. The summed E-state index contributed by atoms with van der Waals surface area (Å²) >= 11 is 0. The smallest absolute Gasteiger partial charge is 0.133 e. The minimum Gasteiger partial charge on any atom is -0.488 e. The lowest BCUT2D eigenvalue weighted by molar-refractivity contribution is 0.129. The highest BCUT2D eigenvalue weighted by atomic mass is 19.1. The molecular formula is C23H43F2NO. The molecule has 1 aromatic carbocycles. The minimum atomic E-state index is -0.797. The zero-order valence-corrected chi connectivity index (χ0v) is 15.2. The van der Waals surface area contributed by atoms with Crippen molar-refractivity contribution in [3.05, 3.63) is 29.3 Å². The Morgan fingerprint density at radius 2 is 1.33 bits per heavy atom. The van der Waals surface area contributed by atoms with Gasteiger partial charge in [0.05, 0.1) is 11.5 Å². The van der Waals surface area contributed by atoms with Crippen molar-refractivity contribution in [2.45, 2.75) is 102 Å². The van der Waals surface area contributed by atoms with E-state index in [-0.39, 0.29) is 41.0 Å². The van der Waals surface area contributed by atoms with Crippen LogP contribution in [-0.2, 0) is 5.41 Å². The normalized spacial score (nSPS) is 12.7. The van der Waals surface area contributed by atoms with Crippen molar-refractivity contribution in [1.82, 2.24) is 0 Å². The Labute approximate surface area is 167 Å². The summed E-state index contributed by atoms with van der Waals surface area (Å²) in [7, 11) is 0. The molecule has 1 atom stereocenters. The third-order valence-electron chi connectivity index (χ3n) is 4.00. The summed E-state index contributed by atoms with van der Waals surface area (Å²) < 4.78 is 34.7. The first kappa shape index (κ1) is 33.0. The van der Waals surface area contributed by atoms with Gasteiger partial charge in [0.25, 0.3) is 0 Å². The van der Waals surface area contributed by atoms with Gasteiger partial charge >= 0.3 is 0 Å². The van der Waals surface area contributed by atoms with Crippen molar-refractivity contribution in [1.29, 1.82) is 5.26 Å². The molecule has 0 aliphatic heterocycles. The Hall–Kier alpha value is -1.63. The highest BCUT2D eigenvalue weighted by molar-refractivity contribution is 5.35. The van der Waals surface area contributed by atoms with E-state index in [9.17, 15) is 14.0 Å². The van der Waals surface area contributed by atoms with E-state index < -0.39 is 28.1 Å². The van der Waals surface area contributed by atoms with Gasteiger partial charge in [-0.3, -0.25) is 0 Å². The molecule has 0 fully saturated rings. The second-order valence-corrected chi connectivity index (χ2v) is 8.06. The highest BCUT2D eigenvalue weighted by Crippen LogP contribution is 2.41. The van der Waals surface area contributed by atoms with Gasteiger partial charge in [-0.15, -0.1) is 0 Å². The lowest BCUT2D eigenvalue weighted by Gasteiger charge is -2.33. The second-order valence-electron chi connectivity index (χ2n) is 8.06. The van der Waals surface area contributed by atoms with Crippen LogP contribution in [-0.4, -0.2) is 5.60 Å². The Bertz CT molecular complexity index is 589. The fourth-order valence-electron chi connectivity index (χ4n) is 2.92. The molecule has 1 unspecified atom stereocenters. The average molecular weight is 388 g/mol. The third-order valence-corrected chi connectivity index (χ3v) is 4.00. The van der Waals surface area contributed by atoms with Crippen molar-refractivity contribution in [3.63, 3.8) is 0 Å². The molecule has 0 amide bonds. The van der Waals surface area contributed by atoms with Crippen LogP contribution in [0.4, 0.5) is 8.78 Å². The lowest BCUT2D eigenvalue weighted by Crippen LogP contribution is -2.30. The summed E-state index contributed by atoms with van der Waals surface area (Å²) in [6.45, 7) is 12.7. The average Bonchev–Trinajstić information content (AvgIpc) is 2.34. The van der Waals surface area contributed by atoms with E-state index in [1.807, 2.05) is 34.6 Å². The number of benzene rings is 1. The number of nitrogens with zero attached hydrogens (tertiary/aromatic N) is 1. The third kappa shape index (κ3) is 8.73. The zero-order chi connectivity index (χ0) is 18.1. The molecule has 0 aliphatic rings. The molecule has 0 heterocycles. The van der Waals surface area contributed by atoms with Gasteiger partial charge in [-0.25, -0.2) is 8.78 Å². The first-order valence-corrected chi connectivity index (χ1v) is 7.93. The van der Waals surface area contributed by atoms with Crippen molar-refractivity contribution < 1.29 is 13.5 Å². The van der Waals surface area contributed by atoms with Gasteiger partial charge in [0, 0.05) is 17.7 Å². The summed E-state index contributed by atoms with van der Waals surface area (Å²) in [5.41, 5.74) is -1.94. The summed E-state index contributed by atoms with van der Waals surface area (Å²) in [4.78, 5) is 0. The molecule has 0 aromatic heterocycles. The fraction of sp³-hybridized carbons (Fsp3) is 0.696. The van der Waals surface area contributed by atoms with Gasteiger partial charge in [0.2, 0.25) is 0 Å². The topological polar surface area (TPSA) is 33.0 Å². The zero-order valence-electron chi connectivity index (χ0n) is 15.2. The van der Waals surface area contributed by atoms with Crippen molar-refractivity contribution in [2.75, 3.05) is 0 Å². The molecule has 0 saturated carbocycles. The predicted molar refractivity (Wildman–Crippen MR) is 115 cm³/mol. The van der Waals surface area contributed by atoms with Gasteiger partial charge in [-0.2, -0.15) is 5.26 Å². The Kier molecular flexibility index (Phi) is 13.8. The molecule has 0 aliphatic carbocycles. The van der Waals surface area contributed by atoms with E-state index >= 15 is 0 Å². The van der Waals surface area contributed by atoms with Crippen LogP contribution in [0.5, 0.6) is 5.75 Å². The number of hydrogen-bond donors (Lipinski definition) is 0. The van der Waals surface area contributed by atoms with E-state index in [1.165, 1.54) is 12.1 Å². The number of ether oxygens (including phenoxy) is 1. The lowest BCUT2D eigenvalue weighted by atomic mass is 9.70. The number of halogens is 2. The maximum absolute atomic E-state index is 14.6. The minimum absolute atomic E-state index is 0. The first-order chi connectivity index (χ1) is 10.3. The standard InChI is InChI=1S/C19H27F2NO.4CH4/c1-8-19(7,12-22)11-18(5,6)16-14(20)9-13(10-15(16)21)23-17(2,3)4;;;;/h9-10H,8,11H2,1-7H3;4*1H4. The molecule has 0 bridgehead atoms. The monoisotopic (exact) mass is 387 g/mol. The van der Waals surface area contributed by atoms with Crippen molar-refractivity contribution in [2.24, 2.45) is 5.41 Å². The fourth-order valence-corrected chi connectivity index (χ4v) is 2.92. The van der Waals surface area contributed by atoms with Gasteiger partial charge in [-0.05, 0) is 46.0 Å². The van der Waals surface area contributed by atoms with Crippen LogP contribution < -0.4 is 4.74 Å². The van der Waals surface area contributed by atoms with Crippen LogP contribution in [0.25, 0.3) is 0 Å². The number of rotatable bonds is 5. The molecule has 27 heavy (non-hydrogen) atoms. The van der Waals surface area contributed by atoms with Crippen molar-refractivity contribution >= 4 is 0 Å². The van der Waals surface area contributed by atoms with Crippen LogP contribution in [0.15, 0.2) is 12.1 Å². The molecule has 1 rings (SSSR count). The van der Waals surface area contributed by atoms with Crippen LogP contribution in [0.3, 0.4) is 0 Å². The van der Waals surface area contributed by atoms with Gasteiger partial charge in [0.15, 0.2) is 0 Å². The second kappa shape index (κ2) is 11.3. The van der Waals surface area contributed by atoms with Gasteiger partial charge in [-0.1, -0.05) is 50.5 Å². The number of nitriles is 1. The molecule has 2 nitrogen and oxygen atoms in total. The summed E-state index contributed by atoms with van der Waals surface area (Å²) in [5.74, 6) is -1.10. The van der Waals surface area contributed by atoms with Crippen molar-refractivity contribution in [3.8, 4) is 11.8 Å². The van der Waals surface area contributed by atoms with Crippen LogP contribution in [0.1, 0.15) is 96.6 Å². The largest absolute Gasteiger partial charge is 0.488 e. The Morgan fingerprint density at radius 3 is 1.63 bits per heavy atom. The summed E-state index contributed by atoms with van der Waals surface area (Å²) in [6, 6.07) is 4.71. The molecule has 1 aromatic rings. The van der Waals surface area contributed by atoms with E-state index in [0.29, 0.717) is 12.8 Å². The van der Waals surface area contributed by atoms with E-state index in [0.717, 1.165) is 0 Å². The molecule has 0 spiro atoms. The maximum Gasteiger partial charge on any atom is 0.133 e. The van der Waals surface area contributed by atoms with Gasteiger partial charge in [0.1, 0.15) is 23.0 Å². The highest BCUT2D eigenvalue weighted by Gasteiger charge is 2.36. The van der Waals surface area contributed by atoms with Crippen LogP contribution >= 0.6 is 0 Å². The van der Waals surface area contributed by atoms with E-state index in [2.05, 4.69) is 6.07 Å². The van der Waals surface area contributed by atoms with E-state index in [4.69, 9.17) is 4.74 Å². The maximum atomic E-state index is 14.6. The molecule has 0 saturated heterocycles. The SMILES string of the molecule is C.C.C.C.CCC(C)(C#N)CC(C)(C)c1c(F)cc(OC(C)(C)C)cc1F.